The fourth-order valence-electron chi connectivity index (χ4n) is 2.00. The molecular formula is C13H12O3. The molecule has 0 aliphatic carbocycles. The number of carbonyl (C=O) groups is 1. The van der Waals surface area contributed by atoms with Crippen LogP contribution in [-0.2, 0) is 0 Å². The minimum absolute atomic E-state index is 0.235. The second-order valence-electron chi connectivity index (χ2n) is 3.91. The molecule has 0 heterocycles. The zero-order valence-electron chi connectivity index (χ0n) is 9.11. The minimum atomic E-state index is -0.935. The van der Waals surface area contributed by atoms with Crippen molar-refractivity contribution in [3.63, 3.8) is 0 Å². The molecule has 2 N–H and O–H groups in total. The maximum atomic E-state index is 10.9. The Bertz CT molecular complexity index is 585. The summed E-state index contributed by atoms with van der Waals surface area (Å²) in [4.78, 5) is 10.9. The van der Waals surface area contributed by atoms with Gasteiger partial charge in [-0.3, -0.25) is 0 Å². The number of rotatable bonds is 1. The lowest BCUT2D eigenvalue weighted by atomic mass is 9.97. The highest BCUT2D eigenvalue weighted by Gasteiger charge is 2.10. The van der Waals surface area contributed by atoms with Crippen LogP contribution in [0.4, 0.5) is 0 Å². The molecule has 0 bridgehead atoms. The van der Waals surface area contributed by atoms with Crippen molar-refractivity contribution in [2.24, 2.45) is 0 Å². The molecule has 3 nitrogen and oxygen atoms in total. The van der Waals surface area contributed by atoms with E-state index < -0.39 is 5.97 Å². The molecule has 0 aliphatic rings. The van der Waals surface area contributed by atoms with Crippen molar-refractivity contribution in [2.75, 3.05) is 0 Å². The highest BCUT2D eigenvalue weighted by Crippen LogP contribution is 2.29. The normalized spacial score (nSPS) is 10.6. The van der Waals surface area contributed by atoms with Crippen LogP contribution in [0, 0.1) is 13.8 Å². The average Bonchev–Trinajstić information content (AvgIpc) is 2.22. The molecule has 2 aromatic rings. The van der Waals surface area contributed by atoms with E-state index in [0.29, 0.717) is 0 Å². The van der Waals surface area contributed by atoms with E-state index in [9.17, 15) is 9.90 Å². The number of carboxylic acids is 1. The number of aromatic carboxylic acids is 1. The summed E-state index contributed by atoms with van der Waals surface area (Å²) in [5.74, 6) is -0.700. The predicted molar refractivity (Wildman–Crippen MR) is 62.0 cm³/mol. The van der Waals surface area contributed by atoms with Crippen molar-refractivity contribution >= 4 is 16.7 Å². The molecule has 0 spiro atoms. The summed E-state index contributed by atoms with van der Waals surface area (Å²) in [5.41, 5.74) is 1.92. The summed E-state index contributed by atoms with van der Waals surface area (Å²) < 4.78 is 0. The molecule has 3 heteroatoms. The first kappa shape index (κ1) is 10.5. The van der Waals surface area contributed by atoms with Crippen molar-refractivity contribution in [3.8, 4) is 5.75 Å². The van der Waals surface area contributed by atoms with Gasteiger partial charge < -0.3 is 10.2 Å². The van der Waals surface area contributed by atoms with Crippen molar-refractivity contribution in [1.82, 2.24) is 0 Å². The lowest BCUT2D eigenvalue weighted by molar-refractivity contribution is 0.0697. The molecule has 0 atom stereocenters. The highest BCUT2D eigenvalue weighted by molar-refractivity contribution is 5.97. The molecule has 0 radical (unpaired) electrons. The topological polar surface area (TPSA) is 57.5 Å². The predicted octanol–water partition coefficient (Wildman–Crippen LogP) is 2.86. The zero-order chi connectivity index (χ0) is 11.9. The number of carboxylic acid groups (broad SMARTS) is 1. The Morgan fingerprint density at radius 3 is 2.50 bits per heavy atom. The molecule has 16 heavy (non-hydrogen) atoms. The number of hydrogen-bond acceptors (Lipinski definition) is 2. The first-order valence-corrected chi connectivity index (χ1v) is 4.97. The Labute approximate surface area is 93.0 Å². The fraction of sp³-hybridized carbons (Fsp3) is 0.154. The molecule has 0 unspecified atom stereocenters. The quantitative estimate of drug-likeness (QED) is 0.770. The lowest BCUT2D eigenvalue weighted by Crippen LogP contribution is -1.97. The third-order valence-electron chi connectivity index (χ3n) is 2.79. The molecular weight excluding hydrogens is 204 g/mol. The Hall–Kier alpha value is -2.03. The van der Waals surface area contributed by atoms with Gasteiger partial charge >= 0.3 is 5.97 Å². The van der Waals surface area contributed by atoms with E-state index in [1.165, 1.54) is 0 Å². The summed E-state index contributed by atoms with van der Waals surface area (Å²) in [6, 6.07) is 6.56. The van der Waals surface area contributed by atoms with E-state index in [0.717, 1.165) is 21.9 Å². The van der Waals surface area contributed by atoms with Crippen LogP contribution in [0.25, 0.3) is 10.8 Å². The van der Waals surface area contributed by atoms with Crippen LogP contribution in [0.15, 0.2) is 24.3 Å². The fourth-order valence-corrected chi connectivity index (χ4v) is 2.00. The molecule has 0 aromatic heterocycles. The molecule has 2 rings (SSSR count). The van der Waals surface area contributed by atoms with Gasteiger partial charge in [0.15, 0.2) is 0 Å². The number of benzene rings is 2. The van der Waals surface area contributed by atoms with Crippen LogP contribution in [-0.4, -0.2) is 16.2 Å². The van der Waals surface area contributed by atoms with E-state index in [2.05, 4.69) is 0 Å². The maximum absolute atomic E-state index is 10.9. The molecule has 0 aliphatic heterocycles. The minimum Gasteiger partial charge on any atom is -0.508 e. The largest absolute Gasteiger partial charge is 0.508 e. The second-order valence-corrected chi connectivity index (χ2v) is 3.91. The Kier molecular flexibility index (Phi) is 2.31. The van der Waals surface area contributed by atoms with Crippen LogP contribution in [0.2, 0.25) is 0 Å². The number of aromatic hydroxyl groups is 1. The van der Waals surface area contributed by atoms with Gasteiger partial charge in [0.05, 0.1) is 5.56 Å². The average molecular weight is 216 g/mol. The zero-order valence-corrected chi connectivity index (χ0v) is 9.11. The number of fused-ring (bicyclic) bond motifs is 1. The summed E-state index contributed by atoms with van der Waals surface area (Å²) in [6.07, 6.45) is 0. The molecule has 82 valence electrons. The summed E-state index contributed by atoms with van der Waals surface area (Å²) in [6.45, 7) is 3.67. The van der Waals surface area contributed by atoms with E-state index in [-0.39, 0.29) is 11.3 Å². The first-order chi connectivity index (χ1) is 7.50. The van der Waals surface area contributed by atoms with Gasteiger partial charge in [-0.25, -0.2) is 4.79 Å². The number of phenolic OH excluding ortho intramolecular Hbond substituents is 1. The standard InChI is InChI=1S/C13H12O3/c1-7-5-10(13(15)16)6-9-3-4-11(14)8(2)12(7)9/h3-6,14H,1-2H3,(H,15,16). The maximum Gasteiger partial charge on any atom is 0.335 e. The highest BCUT2D eigenvalue weighted by atomic mass is 16.4. The van der Waals surface area contributed by atoms with Gasteiger partial charge in [-0.15, -0.1) is 0 Å². The van der Waals surface area contributed by atoms with Gasteiger partial charge in [-0.2, -0.15) is 0 Å². The summed E-state index contributed by atoms with van der Waals surface area (Å²) in [5, 5.41) is 20.3. The second kappa shape index (κ2) is 3.52. The monoisotopic (exact) mass is 216 g/mol. The summed E-state index contributed by atoms with van der Waals surface area (Å²) in [7, 11) is 0. The van der Waals surface area contributed by atoms with Crippen LogP contribution < -0.4 is 0 Å². The SMILES string of the molecule is Cc1cc(C(=O)O)cc2ccc(O)c(C)c12. The van der Waals surface area contributed by atoms with Gasteiger partial charge in [-0.1, -0.05) is 6.07 Å². The first-order valence-electron chi connectivity index (χ1n) is 4.97. The molecule has 0 amide bonds. The van der Waals surface area contributed by atoms with Crippen LogP contribution in [0.1, 0.15) is 21.5 Å². The van der Waals surface area contributed by atoms with Crippen molar-refractivity contribution in [3.05, 3.63) is 41.0 Å². The van der Waals surface area contributed by atoms with Crippen LogP contribution in [0.3, 0.4) is 0 Å². The Balaban J connectivity index is 2.86. The molecule has 0 saturated heterocycles. The van der Waals surface area contributed by atoms with Crippen LogP contribution in [0.5, 0.6) is 5.75 Å². The third-order valence-corrected chi connectivity index (χ3v) is 2.79. The van der Waals surface area contributed by atoms with Crippen molar-refractivity contribution in [1.29, 1.82) is 0 Å². The van der Waals surface area contributed by atoms with E-state index in [4.69, 9.17) is 5.11 Å². The molecule has 0 fully saturated rings. The van der Waals surface area contributed by atoms with E-state index in [1.807, 2.05) is 13.8 Å². The van der Waals surface area contributed by atoms with E-state index in [1.54, 1.807) is 24.3 Å². The lowest BCUT2D eigenvalue weighted by Gasteiger charge is -2.09. The van der Waals surface area contributed by atoms with Gasteiger partial charge in [0.25, 0.3) is 0 Å². The number of hydrogen-bond donors (Lipinski definition) is 2. The summed E-state index contributed by atoms with van der Waals surface area (Å²) >= 11 is 0. The Morgan fingerprint density at radius 1 is 1.19 bits per heavy atom. The van der Waals surface area contributed by atoms with Gasteiger partial charge in [0.2, 0.25) is 0 Å². The smallest absolute Gasteiger partial charge is 0.335 e. The van der Waals surface area contributed by atoms with Gasteiger partial charge in [0, 0.05) is 0 Å². The van der Waals surface area contributed by atoms with Gasteiger partial charge in [-0.05, 0) is 53.9 Å². The van der Waals surface area contributed by atoms with Crippen molar-refractivity contribution in [2.45, 2.75) is 13.8 Å². The Morgan fingerprint density at radius 2 is 1.88 bits per heavy atom. The number of aryl methyl sites for hydroxylation is 2. The van der Waals surface area contributed by atoms with Crippen LogP contribution >= 0.6 is 0 Å². The van der Waals surface area contributed by atoms with Crippen molar-refractivity contribution < 1.29 is 15.0 Å². The van der Waals surface area contributed by atoms with Gasteiger partial charge in [0.1, 0.15) is 5.75 Å². The molecule has 2 aromatic carbocycles. The van der Waals surface area contributed by atoms with E-state index >= 15 is 0 Å². The third kappa shape index (κ3) is 1.50. The number of phenols is 1. The molecule has 0 saturated carbocycles.